The van der Waals surface area contributed by atoms with Crippen LogP contribution in [0.25, 0.3) is 0 Å². The number of hydrogen-bond donors (Lipinski definition) is 0. The first-order chi connectivity index (χ1) is 6.33. The lowest BCUT2D eigenvalue weighted by molar-refractivity contribution is 0.131. The third-order valence-electron chi connectivity index (χ3n) is 2.80. The van der Waals surface area contributed by atoms with Crippen LogP contribution < -0.4 is 0 Å². The quantitative estimate of drug-likeness (QED) is 0.663. The fraction of sp³-hybridized carbons (Fsp3) is 0.818. The lowest BCUT2D eigenvalue weighted by Gasteiger charge is -2.28. The minimum absolute atomic E-state index is 0.621. The van der Waals surface area contributed by atoms with Gasteiger partial charge in [-0.2, -0.15) is 0 Å². The van der Waals surface area contributed by atoms with Crippen LogP contribution in [0.15, 0.2) is 11.8 Å². The summed E-state index contributed by atoms with van der Waals surface area (Å²) >= 11 is 0. The van der Waals surface area contributed by atoms with Gasteiger partial charge in [0.2, 0.25) is 0 Å². The van der Waals surface area contributed by atoms with Crippen molar-refractivity contribution >= 4 is 0 Å². The Morgan fingerprint density at radius 3 is 2.92 bits per heavy atom. The molecule has 0 saturated carbocycles. The Hall–Kier alpha value is -0.500. The highest BCUT2D eigenvalue weighted by Gasteiger charge is 2.24. The van der Waals surface area contributed by atoms with Crippen molar-refractivity contribution in [2.75, 3.05) is 20.3 Å². The highest BCUT2D eigenvalue weighted by molar-refractivity contribution is 5.03. The van der Waals surface area contributed by atoms with E-state index in [-0.39, 0.29) is 0 Å². The summed E-state index contributed by atoms with van der Waals surface area (Å²) in [5.41, 5.74) is 1.47. The van der Waals surface area contributed by atoms with E-state index in [0.29, 0.717) is 6.04 Å². The summed E-state index contributed by atoms with van der Waals surface area (Å²) in [6, 6.07) is 0.621. The zero-order valence-electron chi connectivity index (χ0n) is 9.05. The van der Waals surface area contributed by atoms with Crippen LogP contribution in [0.3, 0.4) is 0 Å². The normalized spacial score (nSPS) is 24.1. The second kappa shape index (κ2) is 5.28. The Balaban J connectivity index is 2.56. The minimum atomic E-state index is 0.621. The minimum Gasteiger partial charge on any atom is -0.383 e. The third-order valence-corrected chi connectivity index (χ3v) is 2.80. The van der Waals surface area contributed by atoms with Crippen molar-refractivity contribution < 1.29 is 4.74 Å². The second-order valence-electron chi connectivity index (χ2n) is 3.58. The highest BCUT2D eigenvalue weighted by Crippen LogP contribution is 2.23. The molecule has 0 N–H and O–H groups in total. The molecule has 1 aliphatic heterocycles. The van der Waals surface area contributed by atoms with Crippen LogP contribution in [0, 0.1) is 0 Å². The first-order valence-electron chi connectivity index (χ1n) is 5.24. The third kappa shape index (κ3) is 2.47. The van der Waals surface area contributed by atoms with E-state index in [1.54, 1.807) is 7.11 Å². The van der Waals surface area contributed by atoms with Gasteiger partial charge in [0, 0.05) is 19.4 Å². The van der Waals surface area contributed by atoms with E-state index < -0.39 is 0 Å². The summed E-state index contributed by atoms with van der Waals surface area (Å²) in [4.78, 5) is 2.50. The van der Waals surface area contributed by atoms with Crippen LogP contribution in [-0.2, 0) is 4.74 Å². The fourth-order valence-corrected chi connectivity index (χ4v) is 2.15. The number of allylic oxidation sites excluding steroid dienone is 2. The maximum absolute atomic E-state index is 5.23. The van der Waals surface area contributed by atoms with Crippen molar-refractivity contribution in [2.45, 2.75) is 39.2 Å². The highest BCUT2D eigenvalue weighted by atomic mass is 16.5. The molecular formula is C11H21NO. The SMILES string of the molecule is C/C=C(\CC)N1CCC[C@H]1COC. The van der Waals surface area contributed by atoms with E-state index >= 15 is 0 Å². The van der Waals surface area contributed by atoms with Crippen LogP contribution in [0.2, 0.25) is 0 Å². The molecule has 0 aliphatic carbocycles. The topological polar surface area (TPSA) is 12.5 Å². The molecule has 0 aromatic heterocycles. The Labute approximate surface area is 81.6 Å². The van der Waals surface area contributed by atoms with Gasteiger partial charge in [0.25, 0.3) is 0 Å². The number of nitrogens with zero attached hydrogens (tertiary/aromatic N) is 1. The fourth-order valence-electron chi connectivity index (χ4n) is 2.15. The molecule has 1 saturated heterocycles. The summed E-state index contributed by atoms with van der Waals surface area (Å²) in [5, 5.41) is 0. The van der Waals surface area contributed by atoms with Crippen LogP contribution in [0.4, 0.5) is 0 Å². The summed E-state index contributed by atoms with van der Waals surface area (Å²) in [5.74, 6) is 0. The van der Waals surface area contributed by atoms with E-state index in [9.17, 15) is 0 Å². The molecule has 0 amide bonds. The van der Waals surface area contributed by atoms with E-state index in [1.807, 2.05) is 0 Å². The Morgan fingerprint density at radius 2 is 2.38 bits per heavy atom. The molecule has 1 rings (SSSR count). The summed E-state index contributed by atoms with van der Waals surface area (Å²) < 4.78 is 5.23. The molecule has 13 heavy (non-hydrogen) atoms. The maximum Gasteiger partial charge on any atom is 0.0666 e. The summed E-state index contributed by atoms with van der Waals surface area (Å²) in [6.07, 6.45) is 5.96. The molecule has 1 aliphatic rings. The van der Waals surface area contributed by atoms with Crippen LogP contribution >= 0.6 is 0 Å². The smallest absolute Gasteiger partial charge is 0.0666 e. The van der Waals surface area contributed by atoms with Gasteiger partial charge in [0.15, 0.2) is 0 Å². The number of methoxy groups -OCH3 is 1. The molecular weight excluding hydrogens is 162 g/mol. The summed E-state index contributed by atoms with van der Waals surface area (Å²) in [7, 11) is 1.79. The van der Waals surface area contributed by atoms with Crippen molar-refractivity contribution in [1.82, 2.24) is 4.90 Å². The Morgan fingerprint density at radius 1 is 1.62 bits per heavy atom. The number of hydrogen-bond acceptors (Lipinski definition) is 2. The van der Waals surface area contributed by atoms with E-state index in [0.717, 1.165) is 13.0 Å². The van der Waals surface area contributed by atoms with Gasteiger partial charge in [-0.3, -0.25) is 0 Å². The first kappa shape index (κ1) is 10.6. The van der Waals surface area contributed by atoms with Gasteiger partial charge in [-0.05, 0) is 26.2 Å². The van der Waals surface area contributed by atoms with E-state index in [2.05, 4.69) is 24.8 Å². The first-order valence-corrected chi connectivity index (χ1v) is 5.24. The number of likely N-dealkylation sites (tertiary alicyclic amines) is 1. The van der Waals surface area contributed by atoms with Crippen LogP contribution in [-0.4, -0.2) is 31.2 Å². The lowest BCUT2D eigenvalue weighted by atomic mass is 10.2. The molecule has 0 unspecified atom stereocenters. The van der Waals surface area contributed by atoms with Gasteiger partial charge in [-0.25, -0.2) is 0 Å². The largest absolute Gasteiger partial charge is 0.383 e. The number of ether oxygens (including phenoxy) is 1. The molecule has 0 spiro atoms. The zero-order chi connectivity index (χ0) is 9.68. The summed E-state index contributed by atoms with van der Waals surface area (Å²) in [6.45, 7) is 6.43. The van der Waals surface area contributed by atoms with Crippen LogP contribution in [0.5, 0.6) is 0 Å². The zero-order valence-corrected chi connectivity index (χ0v) is 9.05. The molecule has 2 nitrogen and oxygen atoms in total. The van der Waals surface area contributed by atoms with E-state index in [4.69, 9.17) is 4.74 Å². The monoisotopic (exact) mass is 183 g/mol. The Bertz CT molecular complexity index is 177. The van der Waals surface area contributed by atoms with Gasteiger partial charge in [-0.15, -0.1) is 0 Å². The second-order valence-corrected chi connectivity index (χ2v) is 3.58. The van der Waals surface area contributed by atoms with Crippen molar-refractivity contribution in [3.05, 3.63) is 11.8 Å². The molecule has 1 fully saturated rings. The lowest BCUT2D eigenvalue weighted by Crippen LogP contribution is -2.31. The number of rotatable bonds is 4. The van der Waals surface area contributed by atoms with Gasteiger partial charge in [0.1, 0.15) is 0 Å². The van der Waals surface area contributed by atoms with Crippen LogP contribution in [0.1, 0.15) is 33.1 Å². The molecule has 1 heterocycles. The van der Waals surface area contributed by atoms with Crippen molar-refractivity contribution in [1.29, 1.82) is 0 Å². The van der Waals surface area contributed by atoms with Gasteiger partial charge in [-0.1, -0.05) is 13.0 Å². The molecule has 0 aromatic rings. The van der Waals surface area contributed by atoms with Crippen molar-refractivity contribution in [3.63, 3.8) is 0 Å². The molecule has 76 valence electrons. The standard InChI is InChI=1S/C11H21NO/c1-4-10(5-2)12-8-6-7-11(12)9-13-3/h4,11H,5-9H2,1-3H3/b10-4+/t11-/m0/s1. The molecule has 0 bridgehead atoms. The predicted molar refractivity (Wildman–Crippen MR) is 55.7 cm³/mol. The Kier molecular flexibility index (Phi) is 4.29. The van der Waals surface area contributed by atoms with Gasteiger partial charge < -0.3 is 9.64 Å². The van der Waals surface area contributed by atoms with E-state index in [1.165, 1.54) is 25.1 Å². The van der Waals surface area contributed by atoms with Crippen molar-refractivity contribution in [2.24, 2.45) is 0 Å². The molecule has 0 radical (unpaired) electrons. The van der Waals surface area contributed by atoms with Crippen molar-refractivity contribution in [3.8, 4) is 0 Å². The maximum atomic E-state index is 5.23. The molecule has 1 atom stereocenters. The average molecular weight is 183 g/mol. The van der Waals surface area contributed by atoms with Gasteiger partial charge in [0.05, 0.1) is 12.6 Å². The predicted octanol–water partition coefficient (Wildman–Crippen LogP) is 2.41. The van der Waals surface area contributed by atoms with Gasteiger partial charge >= 0.3 is 0 Å². The average Bonchev–Trinajstić information content (AvgIpc) is 2.57. The molecule has 0 aromatic carbocycles. The molecule has 2 heteroatoms.